The van der Waals surface area contributed by atoms with Crippen LogP contribution in [0.3, 0.4) is 0 Å². The van der Waals surface area contributed by atoms with Crippen LogP contribution >= 0.6 is 0 Å². The van der Waals surface area contributed by atoms with Gasteiger partial charge in [-0.05, 0) is 57.2 Å². The number of benzene rings is 2. The fraction of sp³-hybridized carbons (Fsp3) is 0.387. The highest BCUT2D eigenvalue weighted by Gasteiger charge is 2.23. The summed E-state index contributed by atoms with van der Waals surface area (Å²) in [6.07, 6.45) is 3.83. The van der Waals surface area contributed by atoms with Gasteiger partial charge in [0.05, 0.1) is 28.8 Å². The van der Waals surface area contributed by atoms with Crippen LogP contribution in [0.15, 0.2) is 72.7 Å². The quantitative estimate of drug-likeness (QED) is 0.176. The molecule has 208 valence electrons. The first-order chi connectivity index (χ1) is 18.7. The second-order valence-electron chi connectivity index (χ2n) is 10.5. The molecule has 39 heavy (non-hydrogen) atoms. The Labute approximate surface area is 230 Å². The van der Waals surface area contributed by atoms with E-state index >= 15 is 0 Å². The lowest BCUT2D eigenvalue weighted by atomic mass is 9.97. The molecule has 1 fully saturated rings. The molecule has 0 spiro atoms. The summed E-state index contributed by atoms with van der Waals surface area (Å²) in [5.74, 6) is 6.88. The van der Waals surface area contributed by atoms with Crippen molar-refractivity contribution >= 4 is 27.6 Å². The smallest absolute Gasteiger partial charge is 0.210 e. The van der Waals surface area contributed by atoms with Crippen LogP contribution in [0.2, 0.25) is 0 Å². The molecular formula is C31H41N5O3. The number of aromatic nitrogens is 2. The zero-order valence-corrected chi connectivity index (χ0v) is 23.4. The molecule has 2 aromatic heterocycles. The standard InChI is InChI=1S/C25H35N5O3.C6H6/c1-5-33-24(26)23(29(4)27)17-12-21-22(28-14-17)19-7-6-18(25(2,3)31)13-20(19)30(21)15-16-8-10-32-11-9-16;1-2-4-6-5-3-1/h6-7,12-14,16,31H,5,8-11,15,26-27H2,1-4H3;1-6H/b24-23+;. The Morgan fingerprint density at radius 3 is 2.31 bits per heavy atom. The van der Waals surface area contributed by atoms with Gasteiger partial charge in [0.15, 0.2) is 0 Å². The Morgan fingerprint density at radius 1 is 1.10 bits per heavy atom. The Balaban J connectivity index is 0.000000519. The topological polar surface area (TPSA) is 112 Å². The first-order valence-corrected chi connectivity index (χ1v) is 13.5. The van der Waals surface area contributed by atoms with Crippen LogP contribution < -0.4 is 11.6 Å². The van der Waals surface area contributed by atoms with E-state index in [1.165, 1.54) is 5.01 Å². The molecule has 0 aliphatic carbocycles. The van der Waals surface area contributed by atoms with E-state index in [1.807, 2.05) is 49.4 Å². The average Bonchev–Trinajstić information content (AvgIpc) is 3.22. The van der Waals surface area contributed by atoms with Crippen molar-refractivity contribution in [1.82, 2.24) is 14.6 Å². The number of nitrogens with two attached hydrogens (primary N) is 2. The van der Waals surface area contributed by atoms with E-state index < -0.39 is 5.60 Å². The molecule has 1 aliphatic heterocycles. The molecule has 0 radical (unpaired) electrons. The molecule has 4 aromatic rings. The van der Waals surface area contributed by atoms with Gasteiger partial charge in [-0.3, -0.25) is 4.98 Å². The fourth-order valence-corrected chi connectivity index (χ4v) is 4.97. The number of hydrogen-bond donors (Lipinski definition) is 3. The van der Waals surface area contributed by atoms with Gasteiger partial charge in [-0.2, -0.15) is 0 Å². The molecule has 0 atom stereocenters. The number of fused-ring (bicyclic) bond motifs is 3. The predicted molar refractivity (Wildman–Crippen MR) is 157 cm³/mol. The summed E-state index contributed by atoms with van der Waals surface area (Å²) in [5.41, 5.74) is 10.5. The van der Waals surface area contributed by atoms with Crippen molar-refractivity contribution in [2.24, 2.45) is 17.5 Å². The van der Waals surface area contributed by atoms with Gasteiger partial charge in [-0.25, -0.2) is 5.84 Å². The third-order valence-corrected chi connectivity index (χ3v) is 7.02. The van der Waals surface area contributed by atoms with E-state index in [4.69, 9.17) is 26.0 Å². The van der Waals surface area contributed by atoms with Gasteiger partial charge in [0.1, 0.15) is 5.70 Å². The van der Waals surface area contributed by atoms with Crippen LogP contribution in [0.1, 0.15) is 44.7 Å². The molecule has 8 nitrogen and oxygen atoms in total. The zero-order chi connectivity index (χ0) is 28.0. The van der Waals surface area contributed by atoms with Gasteiger partial charge in [-0.15, -0.1) is 0 Å². The summed E-state index contributed by atoms with van der Waals surface area (Å²) in [6, 6.07) is 20.2. The van der Waals surface area contributed by atoms with Crippen molar-refractivity contribution < 1.29 is 14.6 Å². The van der Waals surface area contributed by atoms with E-state index in [9.17, 15) is 5.11 Å². The Bertz CT molecular complexity index is 1370. The highest BCUT2D eigenvalue weighted by Crippen LogP contribution is 2.34. The van der Waals surface area contributed by atoms with E-state index in [1.54, 1.807) is 27.1 Å². The van der Waals surface area contributed by atoms with E-state index in [0.717, 1.165) is 65.7 Å². The first-order valence-electron chi connectivity index (χ1n) is 13.5. The average molecular weight is 532 g/mol. The second kappa shape index (κ2) is 12.5. The molecule has 1 aliphatic rings. The number of ether oxygens (including phenoxy) is 2. The maximum atomic E-state index is 10.6. The van der Waals surface area contributed by atoms with Crippen molar-refractivity contribution in [2.45, 2.75) is 45.8 Å². The molecule has 0 amide bonds. The number of hydrazine groups is 1. The number of hydrogen-bond acceptors (Lipinski definition) is 7. The first kappa shape index (κ1) is 28.4. The highest BCUT2D eigenvalue weighted by molar-refractivity contribution is 6.06. The number of rotatable bonds is 7. The summed E-state index contributed by atoms with van der Waals surface area (Å²) in [7, 11) is 1.73. The summed E-state index contributed by atoms with van der Waals surface area (Å²) in [6.45, 7) is 8.37. The molecule has 0 bridgehead atoms. The molecule has 8 heteroatoms. The summed E-state index contributed by atoms with van der Waals surface area (Å²) < 4.78 is 13.4. The monoisotopic (exact) mass is 531 g/mol. The minimum absolute atomic E-state index is 0.264. The number of aliphatic hydroxyl groups is 1. The van der Waals surface area contributed by atoms with Crippen LogP contribution in [-0.2, 0) is 21.6 Å². The van der Waals surface area contributed by atoms with Crippen molar-refractivity contribution in [3.8, 4) is 0 Å². The van der Waals surface area contributed by atoms with Gasteiger partial charge >= 0.3 is 0 Å². The van der Waals surface area contributed by atoms with Gasteiger partial charge in [0, 0.05) is 44.0 Å². The number of nitrogens with zero attached hydrogens (tertiary/aromatic N) is 3. The van der Waals surface area contributed by atoms with Gasteiger partial charge in [0.2, 0.25) is 5.88 Å². The van der Waals surface area contributed by atoms with Gasteiger partial charge in [0.25, 0.3) is 0 Å². The Morgan fingerprint density at radius 2 is 1.74 bits per heavy atom. The van der Waals surface area contributed by atoms with Crippen LogP contribution in [0.25, 0.3) is 27.6 Å². The largest absolute Gasteiger partial charge is 0.478 e. The second-order valence-corrected chi connectivity index (χ2v) is 10.5. The third kappa shape index (κ3) is 6.71. The summed E-state index contributed by atoms with van der Waals surface area (Å²) in [5, 5.41) is 13.2. The van der Waals surface area contributed by atoms with E-state index in [-0.39, 0.29) is 5.88 Å². The fourth-order valence-electron chi connectivity index (χ4n) is 4.97. The van der Waals surface area contributed by atoms with E-state index in [0.29, 0.717) is 18.2 Å². The molecule has 0 unspecified atom stereocenters. The summed E-state index contributed by atoms with van der Waals surface area (Å²) >= 11 is 0. The normalized spacial score (nSPS) is 15.0. The molecule has 1 saturated heterocycles. The molecule has 3 heterocycles. The Hall–Kier alpha value is -3.59. The van der Waals surface area contributed by atoms with Crippen LogP contribution in [-0.4, -0.2) is 46.5 Å². The van der Waals surface area contributed by atoms with Crippen LogP contribution in [0.5, 0.6) is 0 Å². The maximum Gasteiger partial charge on any atom is 0.210 e. The lowest BCUT2D eigenvalue weighted by Gasteiger charge is -2.24. The minimum Gasteiger partial charge on any atom is -0.478 e. The molecule has 0 saturated carbocycles. The lowest BCUT2D eigenvalue weighted by molar-refractivity contribution is 0.0619. The molecular weight excluding hydrogens is 490 g/mol. The predicted octanol–water partition coefficient (Wildman–Crippen LogP) is 4.96. The van der Waals surface area contributed by atoms with Crippen LogP contribution in [0.4, 0.5) is 0 Å². The third-order valence-electron chi connectivity index (χ3n) is 7.02. The van der Waals surface area contributed by atoms with Crippen molar-refractivity contribution in [2.75, 3.05) is 26.9 Å². The maximum absolute atomic E-state index is 10.6. The summed E-state index contributed by atoms with van der Waals surface area (Å²) in [4.78, 5) is 4.83. The van der Waals surface area contributed by atoms with Crippen molar-refractivity contribution in [3.63, 3.8) is 0 Å². The highest BCUT2D eigenvalue weighted by atomic mass is 16.5. The lowest BCUT2D eigenvalue weighted by Crippen LogP contribution is -2.28. The van der Waals surface area contributed by atoms with Crippen molar-refractivity contribution in [3.05, 3.63) is 83.9 Å². The minimum atomic E-state index is -0.934. The van der Waals surface area contributed by atoms with E-state index in [2.05, 4.69) is 22.8 Å². The van der Waals surface area contributed by atoms with Crippen LogP contribution in [0, 0.1) is 5.92 Å². The Kier molecular flexibility index (Phi) is 9.12. The van der Waals surface area contributed by atoms with Crippen molar-refractivity contribution in [1.29, 1.82) is 0 Å². The SMILES string of the molecule is CCO/C(N)=C(\c1cnc2c3ccc(C(C)(C)O)cc3n(CC3CCOCC3)c2c1)N(C)N.c1ccccc1. The zero-order valence-electron chi connectivity index (χ0n) is 23.4. The molecule has 5 N–H and O–H groups in total. The van der Waals surface area contributed by atoms with Gasteiger partial charge < -0.3 is 29.9 Å². The number of pyridine rings is 1. The van der Waals surface area contributed by atoms with Gasteiger partial charge in [-0.1, -0.05) is 48.5 Å². The molecule has 2 aromatic carbocycles. The molecule has 5 rings (SSSR count).